The molecule has 0 radical (unpaired) electrons. The van der Waals surface area contributed by atoms with Crippen molar-refractivity contribution in [2.45, 2.75) is 19.1 Å². The predicted molar refractivity (Wildman–Crippen MR) is 38.1 cm³/mol. The van der Waals surface area contributed by atoms with Gasteiger partial charge in [0, 0.05) is 17.7 Å². The Morgan fingerprint density at radius 3 is 1.83 bits per heavy atom. The average molecular weight is 226 g/mol. The summed E-state index contributed by atoms with van der Waals surface area (Å²) in [5.41, 5.74) is 0. The van der Waals surface area contributed by atoms with Crippen LogP contribution < -0.4 is 0 Å². The predicted octanol–water partition coefficient (Wildman–Crippen LogP) is 1.35. The van der Waals surface area contributed by atoms with Crippen molar-refractivity contribution >= 4 is 19.9 Å². The molecule has 74 valence electrons. The quantitative estimate of drug-likeness (QED) is 0.666. The van der Waals surface area contributed by atoms with Crippen LogP contribution >= 0.6 is 10.7 Å². The summed E-state index contributed by atoms with van der Waals surface area (Å²) in [6, 6.07) is -2.11. The van der Waals surface area contributed by atoms with E-state index < -0.39 is 21.5 Å². The Morgan fingerprint density at radius 1 is 1.42 bits per heavy atom. The Bertz CT molecular complexity index is 250. The van der Waals surface area contributed by atoms with Gasteiger partial charge in [0.05, 0.1) is 0 Å². The molecule has 12 heavy (non-hydrogen) atoms. The fourth-order valence-electron chi connectivity index (χ4n) is 0.395. The molecule has 0 heterocycles. The monoisotopic (exact) mass is 225 g/mol. The van der Waals surface area contributed by atoms with Crippen LogP contribution in [0.3, 0.4) is 0 Å². The minimum atomic E-state index is -4.60. The van der Waals surface area contributed by atoms with Gasteiger partial charge in [-0.05, 0) is 6.92 Å². The van der Waals surface area contributed by atoms with Crippen LogP contribution in [0.2, 0.25) is 0 Å². The number of hydrogen-bond donors (Lipinski definition) is 0. The molecule has 0 aliphatic rings. The van der Waals surface area contributed by atoms with E-state index in [1.807, 2.05) is 0 Å². The van der Waals surface area contributed by atoms with Gasteiger partial charge >= 0.3 is 6.18 Å². The zero-order valence-electron chi connectivity index (χ0n) is 6.26. The molecule has 0 aliphatic heterocycles. The maximum absolute atomic E-state index is 11.9. The molecule has 0 spiro atoms. The van der Waals surface area contributed by atoms with E-state index in [-0.39, 0.29) is 4.31 Å². The molecule has 0 saturated heterocycles. The van der Waals surface area contributed by atoms with Crippen molar-refractivity contribution in [1.29, 1.82) is 0 Å². The molecule has 0 aliphatic carbocycles. The van der Waals surface area contributed by atoms with Crippen LogP contribution in [0.1, 0.15) is 6.92 Å². The smallest absolute Gasteiger partial charge is 0.195 e. The van der Waals surface area contributed by atoms with E-state index in [1.165, 1.54) is 0 Å². The van der Waals surface area contributed by atoms with Gasteiger partial charge < -0.3 is 0 Å². The Hall–Kier alpha value is -0.0100. The molecule has 0 N–H and O–H groups in total. The molecule has 0 rings (SSSR count). The SMILES string of the molecule is C[C@@H](N(C)S(=O)(=O)Cl)C(F)(F)F. The normalized spacial score (nSPS) is 16.6. The van der Waals surface area contributed by atoms with Crippen molar-refractivity contribution in [3.63, 3.8) is 0 Å². The summed E-state index contributed by atoms with van der Waals surface area (Å²) in [6.07, 6.45) is -4.60. The second-order valence-corrected chi connectivity index (χ2v) is 4.75. The van der Waals surface area contributed by atoms with E-state index in [9.17, 15) is 21.6 Å². The van der Waals surface area contributed by atoms with Crippen LogP contribution in [0, 0.1) is 0 Å². The first-order valence-electron chi connectivity index (χ1n) is 2.81. The summed E-state index contributed by atoms with van der Waals surface area (Å²) in [6.45, 7) is 0.708. The summed E-state index contributed by atoms with van der Waals surface area (Å²) in [5.74, 6) is 0. The van der Waals surface area contributed by atoms with Gasteiger partial charge in [-0.25, -0.2) is 0 Å². The fraction of sp³-hybridized carbons (Fsp3) is 1.00. The molecule has 8 heteroatoms. The highest BCUT2D eigenvalue weighted by Crippen LogP contribution is 2.25. The molecule has 1 atom stereocenters. The fourth-order valence-corrected chi connectivity index (χ4v) is 1.25. The minimum absolute atomic E-state index is 0.0502. The molecule has 0 aromatic rings. The van der Waals surface area contributed by atoms with Gasteiger partial charge in [0.1, 0.15) is 6.04 Å². The average Bonchev–Trinajstić information content (AvgIpc) is 1.80. The lowest BCUT2D eigenvalue weighted by molar-refractivity contribution is -0.163. The molecule has 0 unspecified atom stereocenters. The Morgan fingerprint density at radius 2 is 1.75 bits per heavy atom. The van der Waals surface area contributed by atoms with Crippen LogP contribution in [-0.2, 0) is 9.24 Å². The van der Waals surface area contributed by atoms with Gasteiger partial charge in [-0.3, -0.25) is 0 Å². The third-order valence-corrected chi connectivity index (χ3v) is 3.02. The van der Waals surface area contributed by atoms with E-state index in [0.717, 1.165) is 7.05 Å². The molecule has 0 amide bonds. The standard InChI is InChI=1S/C4H7ClF3NO2S/c1-3(4(6,7)8)9(2)12(5,10)11/h3H,1-2H3/t3-/m1/s1. The Labute approximate surface area is 72.7 Å². The second kappa shape index (κ2) is 3.39. The second-order valence-electron chi connectivity index (χ2n) is 2.18. The van der Waals surface area contributed by atoms with Gasteiger partial charge in [-0.2, -0.15) is 25.9 Å². The van der Waals surface area contributed by atoms with E-state index in [1.54, 1.807) is 0 Å². The van der Waals surface area contributed by atoms with Gasteiger partial charge in [-0.1, -0.05) is 0 Å². The van der Waals surface area contributed by atoms with E-state index in [4.69, 9.17) is 0 Å². The summed E-state index contributed by atoms with van der Waals surface area (Å²) < 4.78 is 56.5. The van der Waals surface area contributed by atoms with Gasteiger partial charge in [0.25, 0.3) is 9.24 Å². The summed E-state index contributed by atoms with van der Waals surface area (Å²) >= 11 is 0. The number of alkyl halides is 3. The van der Waals surface area contributed by atoms with Crippen molar-refractivity contribution < 1.29 is 21.6 Å². The highest BCUT2D eigenvalue weighted by atomic mass is 35.7. The summed E-state index contributed by atoms with van der Waals surface area (Å²) in [4.78, 5) is 0. The van der Waals surface area contributed by atoms with Crippen molar-refractivity contribution in [2.24, 2.45) is 0 Å². The summed E-state index contributed by atoms with van der Waals surface area (Å²) in [7, 11) is 1.15. The number of hydrogen-bond acceptors (Lipinski definition) is 2. The van der Waals surface area contributed by atoms with Gasteiger partial charge in [-0.15, -0.1) is 0 Å². The van der Waals surface area contributed by atoms with E-state index >= 15 is 0 Å². The highest BCUT2D eigenvalue weighted by Gasteiger charge is 2.42. The van der Waals surface area contributed by atoms with Crippen LogP contribution in [0.25, 0.3) is 0 Å². The number of nitrogens with zero attached hydrogens (tertiary/aromatic N) is 1. The maximum Gasteiger partial charge on any atom is 0.404 e. The van der Waals surface area contributed by atoms with E-state index in [2.05, 4.69) is 10.7 Å². The van der Waals surface area contributed by atoms with Crippen molar-refractivity contribution in [2.75, 3.05) is 7.05 Å². The van der Waals surface area contributed by atoms with Crippen molar-refractivity contribution in [3.05, 3.63) is 0 Å². The van der Waals surface area contributed by atoms with Crippen LogP contribution in [0.4, 0.5) is 13.2 Å². The zero-order valence-corrected chi connectivity index (χ0v) is 7.83. The molecule has 0 aromatic heterocycles. The Balaban J connectivity index is 4.64. The minimum Gasteiger partial charge on any atom is -0.195 e. The third-order valence-electron chi connectivity index (χ3n) is 1.36. The lowest BCUT2D eigenvalue weighted by Gasteiger charge is -2.22. The first kappa shape index (κ1) is 12.0. The molecular formula is C4H7ClF3NO2S. The van der Waals surface area contributed by atoms with Crippen LogP contribution in [0.15, 0.2) is 0 Å². The molecule has 3 nitrogen and oxygen atoms in total. The molecule has 0 aromatic carbocycles. The lowest BCUT2D eigenvalue weighted by Crippen LogP contribution is -2.42. The summed E-state index contributed by atoms with van der Waals surface area (Å²) in [5, 5.41) is 0. The van der Waals surface area contributed by atoms with E-state index in [0.29, 0.717) is 6.92 Å². The number of halogens is 4. The molecule has 0 fully saturated rings. The van der Waals surface area contributed by atoms with Crippen LogP contribution in [0.5, 0.6) is 0 Å². The molecule has 0 bridgehead atoms. The van der Waals surface area contributed by atoms with Crippen molar-refractivity contribution in [3.8, 4) is 0 Å². The topological polar surface area (TPSA) is 37.4 Å². The molecular weight excluding hydrogens is 219 g/mol. The zero-order chi connectivity index (χ0) is 10.2. The maximum atomic E-state index is 11.9. The van der Waals surface area contributed by atoms with Gasteiger partial charge in [0.2, 0.25) is 0 Å². The largest absolute Gasteiger partial charge is 0.404 e. The molecule has 0 saturated carbocycles. The highest BCUT2D eigenvalue weighted by molar-refractivity contribution is 8.11. The first-order chi connectivity index (χ1) is 5.07. The Kier molecular flexibility index (Phi) is 3.39. The van der Waals surface area contributed by atoms with Gasteiger partial charge in [0.15, 0.2) is 0 Å². The van der Waals surface area contributed by atoms with Crippen LogP contribution in [-0.4, -0.2) is 32.0 Å². The number of rotatable bonds is 2. The first-order valence-corrected chi connectivity index (χ1v) is 5.07. The van der Waals surface area contributed by atoms with Crippen molar-refractivity contribution in [1.82, 2.24) is 4.31 Å². The third kappa shape index (κ3) is 3.16. The lowest BCUT2D eigenvalue weighted by atomic mass is 10.3.